The van der Waals surface area contributed by atoms with E-state index in [0.29, 0.717) is 18.9 Å². The normalized spacial score (nSPS) is 34.8. The largest absolute Gasteiger partial charge is 0.380 e. The molecule has 0 spiro atoms. The number of nitrogens with one attached hydrogen (secondary N) is 1. The zero-order valence-corrected chi connectivity index (χ0v) is 12.4. The van der Waals surface area contributed by atoms with Gasteiger partial charge in [0.15, 0.2) is 0 Å². The van der Waals surface area contributed by atoms with E-state index in [2.05, 4.69) is 5.32 Å². The summed E-state index contributed by atoms with van der Waals surface area (Å²) in [6.07, 6.45) is 8.84. The molecule has 0 radical (unpaired) electrons. The lowest BCUT2D eigenvalue weighted by atomic mass is 9.82. The average molecular weight is 283 g/mol. The number of carbonyl (C=O) groups excluding carboxylic acids is 1. The van der Waals surface area contributed by atoms with Crippen molar-refractivity contribution < 1.29 is 9.90 Å². The molecule has 19 heavy (non-hydrogen) atoms. The molecule has 4 heteroatoms. The molecular weight excluding hydrogens is 258 g/mol. The van der Waals surface area contributed by atoms with E-state index in [-0.39, 0.29) is 5.91 Å². The Hall–Kier alpha value is -0.220. The van der Waals surface area contributed by atoms with Crippen molar-refractivity contribution in [3.8, 4) is 0 Å². The van der Waals surface area contributed by atoms with Crippen molar-refractivity contribution in [3.63, 3.8) is 0 Å². The standard InChI is InChI=1S/C15H25NO2S/c17-14(15(18)6-8-19-9-7-15)16-13-3-1-2-12(10-13)11-4-5-11/h11-13,18H,1-10H2,(H,16,17). The van der Waals surface area contributed by atoms with Crippen molar-refractivity contribution >= 4 is 17.7 Å². The van der Waals surface area contributed by atoms with Crippen LogP contribution >= 0.6 is 11.8 Å². The zero-order chi connectivity index (χ0) is 13.3. The predicted octanol–water partition coefficient (Wildman–Crippen LogP) is 2.33. The second-order valence-electron chi connectivity index (χ2n) is 6.58. The minimum absolute atomic E-state index is 0.103. The third-order valence-electron chi connectivity index (χ3n) is 5.08. The van der Waals surface area contributed by atoms with Crippen molar-refractivity contribution in [2.75, 3.05) is 11.5 Å². The van der Waals surface area contributed by atoms with Gasteiger partial charge in [0.05, 0.1) is 0 Å². The fraction of sp³-hybridized carbons (Fsp3) is 0.933. The Balaban J connectivity index is 1.53. The van der Waals surface area contributed by atoms with Crippen molar-refractivity contribution in [2.24, 2.45) is 11.8 Å². The summed E-state index contributed by atoms with van der Waals surface area (Å²) in [5, 5.41) is 13.6. The summed E-state index contributed by atoms with van der Waals surface area (Å²) in [5.74, 6) is 3.47. The molecular formula is C15H25NO2S. The second kappa shape index (κ2) is 5.65. The number of hydrogen-bond acceptors (Lipinski definition) is 3. The quantitative estimate of drug-likeness (QED) is 0.836. The molecule has 2 N–H and O–H groups in total. The molecule has 1 aliphatic heterocycles. The van der Waals surface area contributed by atoms with E-state index < -0.39 is 5.60 Å². The number of hydrogen-bond donors (Lipinski definition) is 2. The molecule has 3 aliphatic rings. The van der Waals surface area contributed by atoms with Gasteiger partial charge >= 0.3 is 0 Å². The molecule has 0 aromatic heterocycles. The third-order valence-corrected chi connectivity index (χ3v) is 6.07. The molecule has 2 atom stereocenters. The van der Waals surface area contributed by atoms with E-state index in [1.54, 1.807) is 0 Å². The molecule has 0 aromatic carbocycles. The van der Waals surface area contributed by atoms with Crippen LogP contribution in [0.25, 0.3) is 0 Å². The molecule has 2 saturated carbocycles. The van der Waals surface area contributed by atoms with E-state index in [1.807, 2.05) is 11.8 Å². The fourth-order valence-electron chi connectivity index (χ4n) is 3.61. The van der Waals surface area contributed by atoms with E-state index in [9.17, 15) is 9.90 Å². The number of aliphatic hydroxyl groups is 1. The van der Waals surface area contributed by atoms with Crippen LogP contribution in [0.5, 0.6) is 0 Å². The average Bonchev–Trinajstić information content (AvgIpc) is 3.24. The van der Waals surface area contributed by atoms with Gasteiger partial charge in [0.1, 0.15) is 5.60 Å². The molecule has 1 heterocycles. The van der Waals surface area contributed by atoms with Gasteiger partial charge in [-0.2, -0.15) is 11.8 Å². The Morgan fingerprint density at radius 2 is 1.84 bits per heavy atom. The molecule has 108 valence electrons. The lowest BCUT2D eigenvalue weighted by Gasteiger charge is -2.35. The molecule has 3 fully saturated rings. The maximum Gasteiger partial charge on any atom is 0.252 e. The molecule has 3 nitrogen and oxygen atoms in total. The summed E-state index contributed by atoms with van der Waals surface area (Å²) in [4.78, 5) is 12.3. The summed E-state index contributed by atoms with van der Waals surface area (Å²) in [7, 11) is 0. The molecule has 2 unspecified atom stereocenters. The van der Waals surface area contributed by atoms with Crippen LogP contribution in [-0.4, -0.2) is 34.2 Å². The highest BCUT2D eigenvalue weighted by atomic mass is 32.2. The lowest BCUT2D eigenvalue weighted by Crippen LogP contribution is -2.52. The first-order valence-electron chi connectivity index (χ1n) is 7.78. The van der Waals surface area contributed by atoms with Crippen LogP contribution in [0.15, 0.2) is 0 Å². The summed E-state index contributed by atoms with van der Waals surface area (Å²) >= 11 is 1.83. The Morgan fingerprint density at radius 1 is 1.11 bits per heavy atom. The van der Waals surface area contributed by atoms with Gasteiger partial charge in [-0.15, -0.1) is 0 Å². The zero-order valence-electron chi connectivity index (χ0n) is 11.6. The highest BCUT2D eigenvalue weighted by Gasteiger charge is 2.40. The monoisotopic (exact) mass is 283 g/mol. The lowest BCUT2D eigenvalue weighted by molar-refractivity contribution is -0.141. The van der Waals surface area contributed by atoms with E-state index in [1.165, 1.54) is 25.7 Å². The van der Waals surface area contributed by atoms with Gasteiger partial charge in [-0.3, -0.25) is 4.79 Å². The minimum atomic E-state index is -1.09. The first-order valence-corrected chi connectivity index (χ1v) is 8.94. The van der Waals surface area contributed by atoms with Gasteiger partial charge in [0.25, 0.3) is 5.91 Å². The summed E-state index contributed by atoms with van der Waals surface area (Å²) in [6.45, 7) is 0. The first kappa shape index (κ1) is 13.7. The first-order chi connectivity index (χ1) is 9.17. The number of carbonyl (C=O) groups is 1. The molecule has 3 rings (SSSR count). The minimum Gasteiger partial charge on any atom is -0.380 e. The molecule has 2 aliphatic carbocycles. The smallest absolute Gasteiger partial charge is 0.252 e. The molecule has 0 bridgehead atoms. The Bertz CT molecular complexity index is 337. The van der Waals surface area contributed by atoms with Crippen molar-refractivity contribution in [1.82, 2.24) is 5.32 Å². The highest BCUT2D eigenvalue weighted by Crippen LogP contribution is 2.44. The number of thioether (sulfide) groups is 1. The van der Waals surface area contributed by atoms with Crippen LogP contribution in [0.1, 0.15) is 51.4 Å². The summed E-state index contributed by atoms with van der Waals surface area (Å²) < 4.78 is 0. The molecule has 1 saturated heterocycles. The van der Waals surface area contributed by atoms with E-state index >= 15 is 0 Å². The highest BCUT2D eigenvalue weighted by molar-refractivity contribution is 7.99. The van der Waals surface area contributed by atoms with Crippen molar-refractivity contribution in [2.45, 2.75) is 63.0 Å². The van der Waals surface area contributed by atoms with E-state index in [4.69, 9.17) is 0 Å². The van der Waals surface area contributed by atoms with Gasteiger partial charge in [-0.05, 0) is 61.9 Å². The van der Waals surface area contributed by atoms with Gasteiger partial charge < -0.3 is 10.4 Å². The maximum absolute atomic E-state index is 12.3. The second-order valence-corrected chi connectivity index (χ2v) is 7.80. The number of rotatable bonds is 3. The van der Waals surface area contributed by atoms with E-state index in [0.717, 1.165) is 36.2 Å². The van der Waals surface area contributed by atoms with Crippen molar-refractivity contribution in [3.05, 3.63) is 0 Å². The predicted molar refractivity (Wildman–Crippen MR) is 78.1 cm³/mol. The van der Waals surface area contributed by atoms with Crippen LogP contribution in [0.4, 0.5) is 0 Å². The van der Waals surface area contributed by atoms with Crippen molar-refractivity contribution in [1.29, 1.82) is 0 Å². The van der Waals surface area contributed by atoms with Gasteiger partial charge in [-0.25, -0.2) is 0 Å². The van der Waals surface area contributed by atoms with Crippen LogP contribution < -0.4 is 5.32 Å². The van der Waals surface area contributed by atoms with Gasteiger partial charge in [0, 0.05) is 6.04 Å². The topological polar surface area (TPSA) is 49.3 Å². The SMILES string of the molecule is O=C(NC1CCCC(C2CC2)C1)C1(O)CCSCC1. The van der Waals surface area contributed by atoms with Crippen LogP contribution in [-0.2, 0) is 4.79 Å². The Morgan fingerprint density at radius 3 is 2.53 bits per heavy atom. The fourth-order valence-corrected chi connectivity index (χ4v) is 4.78. The Kier molecular flexibility index (Phi) is 4.08. The maximum atomic E-state index is 12.3. The third kappa shape index (κ3) is 3.27. The number of amides is 1. The summed E-state index contributed by atoms with van der Waals surface area (Å²) in [6, 6.07) is 0.311. The van der Waals surface area contributed by atoms with Crippen LogP contribution in [0, 0.1) is 11.8 Å². The van der Waals surface area contributed by atoms with Crippen LogP contribution in [0.3, 0.4) is 0 Å². The molecule has 0 aromatic rings. The van der Waals surface area contributed by atoms with Gasteiger partial charge in [0.2, 0.25) is 0 Å². The van der Waals surface area contributed by atoms with Gasteiger partial charge in [-0.1, -0.05) is 12.8 Å². The van der Waals surface area contributed by atoms with Crippen LogP contribution in [0.2, 0.25) is 0 Å². The molecule has 1 amide bonds. The summed E-state index contributed by atoms with van der Waals surface area (Å²) in [5.41, 5.74) is -1.09. The Labute approximate surface area is 119 Å².